The molecule has 8 heteroatoms. The summed E-state index contributed by atoms with van der Waals surface area (Å²) in [5.74, 6) is 0.169. The Morgan fingerprint density at radius 1 is 1.17 bits per heavy atom. The number of halogens is 1. The minimum atomic E-state index is -0.486. The van der Waals surface area contributed by atoms with Gasteiger partial charge in [-0.3, -0.25) is 14.9 Å². The Hall–Kier alpha value is -3.52. The highest BCUT2D eigenvalue weighted by molar-refractivity contribution is 9.10. The summed E-state index contributed by atoms with van der Waals surface area (Å²) in [7, 11) is 0. The second-order valence-corrected chi connectivity index (χ2v) is 7.33. The van der Waals surface area contributed by atoms with Crippen LogP contribution in [0.4, 0.5) is 5.69 Å². The summed E-state index contributed by atoms with van der Waals surface area (Å²) in [4.78, 5) is 22.7. The maximum Gasteiger partial charge on any atom is 0.272 e. The number of benzene rings is 3. The van der Waals surface area contributed by atoms with Crippen molar-refractivity contribution in [3.8, 4) is 5.75 Å². The van der Waals surface area contributed by atoms with Gasteiger partial charge in [0.2, 0.25) is 0 Å². The average molecular weight is 468 g/mol. The van der Waals surface area contributed by atoms with E-state index in [1.807, 2.05) is 48.5 Å². The molecule has 0 aliphatic rings. The zero-order chi connectivity index (χ0) is 21.5. The van der Waals surface area contributed by atoms with Crippen LogP contribution in [-0.2, 0) is 6.61 Å². The Bertz CT molecular complexity index is 1100. The molecule has 7 nitrogen and oxygen atoms in total. The molecule has 0 saturated heterocycles. The largest absolute Gasteiger partial charge is 0.488 e. The summed E-state index contributed by atoms with van der Waals surface area (Å²) >= 11 is 3.40. The lowest BCUT2D eigenvalue weighted by Gasteiger charge is -2.09. The SMILES string of the molecule is Cc1cc(C(=O)NN=Cc2ccccc2OCc2ccc(Br)cc2)ccc1[N+](=O)[O-]. The van der Waals surface area contributed by atoms with Crippen LogP contribution in [0, 0.1) is 17.0 Å². The molecule has 0 heterocycles. The Labute approximate surface area is 181 Å². The highest BCUT2D eigenvalue weighted by Crippen LogP contribution is 2.20. The second kappa shape index (κ2) is 9.80. The molecule has 0 bridgehead atoms. The van der Waals surface area contributed by atoms with Gasteiger partial charge in [0, 0.05) is 27.2 Å². The zero-order valence-electron chi connectivity index (χ0n) is 16.0. The van der Waals surface area contributed by atoms with E-state index in [9.17, 15) is 14.9 Å². The van der Waals surface area contributed by atoms with E-state index < -0.39 is 10.8 Å². The lowest BCUT2D eigenvalue weighted by molar-refractivity contribution is -0.385. The first kappa shape index (κ1) is 21.2. The normalized spacial score (nSPS) is 10.7. The zero-order valence-corrected chi connectivity index (χ0v) is 17.6. The molecule has 3 rings (SSSR count). The molecule has 3 aromatic rings. The molecule has 0 unspecified atom stereocenters. The Morgan fingerprint density at radius 2 is 1.90 bits per heavy atom. The van der Waals surface area contributed by atoms with Crippen LogP contribution in [0.2, 0.25) is 0 Å². The van der Waals surface area contributed by atoms with Crippen LogP contribution in [0.25, 0.3) is 0 Å². The number of nitro groups is 1. The summed E-state index contributed by atoms with van der Waals surface area (Å²) in [6, 6.07) is 19.3. The van der Waals surface area contributed by atoms with Crippen LogP contribution in [0.3, 0.4) is 0 Å². The second-order valence-electron chi connectivity index (χ2n) is 6.41. The van der Waals surface area contributed by atoms with Gasteiger partial charge in [-0.15, -0.1) is 0 Å². The number of hydrogen-bond acceptors (Lipinski definition) is 5. The summed E-state index contributed by atoms with van der Waals surface area (Å²) < 4.78 is 6.87. The quantitative estimate of drug-likeness (QED) is 0.300. The van der Waals surface area contributed by atoms with Crippen molar-refractivity contribution in [3.05, 3.63) is 104 Å². The van der Waals surface area contributed by atoms with Crippen LogP contribution in [-0.4, -0.2) is 17.0 Å². The molecule has 0 saturated carbocycles. The lowest BCUT2D eigenvalue weighted by atomic mass is 10.1. The molecular formula is C22H18BrN3O4. The van der Waals surface area contributed by atoms with Crippen LogP contribution in [0.1, 0.15) is 27.0 Å². The van der Waals surface area contributed by atoms with Crippen LogP contribution in [0.15, 0.2) is 76.3 Å². The molecule has 3 aromatic carbocycles. The Kier molecular flexibility index (Phi) is 6.92. The highest BCUT2D eigenvalue weighted by Gasteiger charge is 2.13. The summed E-state index contributed by atoms with van der Waals surface area (Å²) in [5, 5.41) is 14.9. The number of amides is 1. The van der Waals surface area contributed by atoms with Crippen molar-refractivity contribution < 1.29 is 14.5 Å². The molecule has 0 fully saturated rings. The van der Waals surface area contributed by atoms with Gasteiger partial charge in [0.25, 0.3) is 11.6 Å². The third-order valence-electron chi connectivity index (χ3n) is 4.25. The van der Waals surface area contributed by atoms with Crippen LogP contribution >= 0.6 is 15.9 Å². The van der Waals surface area contributed by atoms with Crippen molar-refractivity contribution in [1.29, 1.82) is 0 Å². The number of nitrogens with zero attached hydrogens (tertiary/aromatic N) is 2. The van der Waals surface area contributed by atoms with Gasteiger partial charge in [-0.05, 0) is 48.9 Å². The summed E-state index contributed by atoms with van der Waals surface area (Å²) in [6.45, 7) is 1.98. The first-order valence-electron chi connectivity index (χ1n) is 8.99. The lowest BCUT2D eigenvalue weighted by Crippen LogP contribution is -2.17. The molecule has 0 aromatic heterocycles. The predicted octanol–water partition coefficient (Wildman–Crippen LogP) is 5.01. The van der Waals surface area contributed by atoms with E-state index in [2.05, 4.69) is 26.5 Å². The predicted molar refractivity (Wildman–Crippen MR) is 118 cm³/mol. The molecule has 0 atom stereocenters. The van der Waals surface area contributed by atoms with Crippen molar-refractivity contribution in [1.82, 2.24) is 5.43 Å². The van der Waals surface area contributed by atoms with E-state index in [1.54, 1.807) is 6.92 Å². The van der Waals surface area contributed by atoms with Gasteiger partial charge in [-0.2, -0.15) is 5.10 Å². The molecule has 0 spiro atoms. The van der Waals surface area contributed by atoms with Gasteiger partial charge in [-0.1, -0.05) is 40.2 Å². The number of carbonyl (C=O) groups excluding carboxylic acids is 1. The van der Waals surface area contributed by atoms with E-state index in [4.69, 9.17) is 4.74 Å². The molecule has 1 amide bonds. The molecule has 152 valence electrons. The number of carbonyl (C=O) groups is 1. The van der Waals surface area contributed by atoms with Gasteiger partial charge in [0.1, 0.15) is 12.4 Å². The van der Waals surface area contributed by atoms with Gasteiger partial charge in [0.15, 0.2) is 0 Å². The molecule has 1 N–H and O–H groups in total. The maximum atomic E-state index is 12.3. The van der Waals surface area contributed by atoms with Crippen LogP contribution in [0.5, 0.6) is 5.75 Å². The van der Waals surface area contributed by atoms with E-state index in [0.717, 1.165) is 10.0 Å². The minimum Gasteiger partial charge on any atom is -0.488 e. The number of rotatable bonds is 7. The molecule has 0 aliphatic heterocycles. The Morgan fingerprint density at radius 3 is 2.60 bits per heavy atom. The molecular weight excluding hydrogens is 450 g/mol. The van der Waals surface area contributed by atoms with Crippen molar-refractivity contribution in [3.63, 3.8) is 0 Å². The number of para-hydroxylation sites is 1. The van der Waals surface area contributed by atoms with E-state index in [-0.39, 0.29) is 11.3 Å². The highest BCUT2D eigenvalue weighted by atomic mass is 79.9. The number of ether oxygens (including phenoxy) is 1. The van der Waals surface area contributed by atoms with Gasteiger partial charge in [-0.25, -0.2) is 5.43 Å². The molecule has 30 heavy (non-hydrogen) atoms. The monoisotopic (exact) mass is 467 g/mol. The Balaban J connectivity index is 1.65. The van der Waals surface area contributed by atoms with Gasteiger partial charge in [0.05, 0.1) is 11.1 Å². The first-order valence-corrected chi connectivity index (χ1v) is 9.78. The summed E-state index contributed by atoms with van der Waals surface area (Å²) in [6.07, 6.45) is 1.49. The average Bonchev–Trinajstić information content (AvgIpc) is 2.73. The smallest absolute Gasteiger partial charge is 0.272 e. The third kappa shape index (κ3) is 5.51. The van der Waals surface area contributed by atoms with Gasteiger partial charge >= 0.3 is 0 Å². The van der Waals surface area contributed by atoms with E-state index in [0.29, 0.717) is 23.5 Å². The number of nitro benzene ring substituents is 1. The summed E-state index contributed by atoms with van der Waals surface area (Å²) in [5.41, 5.74) is 4.81. The fourth-order valence-electron chi connectivity index (χ4n) is 2.69. The van der Waals surface area contributed by atoms with Crippen LogP contribution < -0.4 is 10.2 Å². The van der Waals surface area contributed by atoms with E-state index >= 15 is 0 Å². The molecule has 0 aliphatic carbocycles. The van der Waals surface area contributed by atoms with Crippen molar-refractivity contribution in [2.75, 3.05) is 0 Å². The fourth-order valence-corrected chi connectivity index (χ4v) is 2.95. The topological polar surface area (TPSA) is 93.8 Å². The minimum absolute atomic E-state index is 0.0353. The number of hydrogen-bond donors (Lipinski definition) is 1. The standard InChI is InChI=1S/C22H18BrN3O4/c1-15-12-17(8-11-20(15)26(28)29)22(27)25-24-13-18-4-2-3-5-21(18)30-14-16-6-9-19(23)10-7-16/h2-13H,14H2,1H3,(H,25,27). The van der Waals surface area contributed by atoms with Gasteiger partial charge < -0.3 is 4.74 Å². The first-order chi connectivity index (χ1) is 14.4. The fraction of sp³-hybridized carbons (Fsp3) is 0.0909. The van der Waals surface area contributed by atoms with Crippen molar-refractivity contribution in [2.45, 2.75) is 13.5 Å². The number of hydrazone groups is 1. The number of nitrogens with one attached hydrogen (secondary N) is 1. The third-order valence-corrected chi connectivity index (χ3v) is 4.78. The van der Waals surface area contributed by atoms with E-state index in [1.165, 1.54) is 24.4 Å². The maximum absolute atomic E-state index is 12.3. The molecule has 0 radical (unpaired) electrons. The van der Waals surface area contributed by atoms with Crippen molar-refractivity contribution >= 4 is 33.7 Å². The van der Waals surface area contributed by atoms with Crippen molar-refractivity contribution in [2.24, 2.45) is 5.10 Å². The number of aryl methyl sites for hydroxylation is 1.